The van der Waals surface area contributed by atoms with Gasteiger partial charge in [-0.1, -0.05) is 25.5 Å². The third-order valence-corrected chi connectivity index (χ3v) is 3.61. The number of anilines is 1. The molecule has 0 bridgehead atoms. The zero-order chi connectivity index (χ0) is 14.7. The number of nitrogens with one attached hydrogen (secondary N) is 1. The van der Waals surface area contributed by atoms with E-state index in [-0.39, 0.29) is 0 Å². The highest BCUT2D eigenvalue weighted by molar-refractivity contribution is 5.78. The fraction of sp³-hybridized carbons (Fsp3) is 0.353. The van der Waals surface area contributed by atoms with Gasteiger partial charge in [-0.2, -0.15) is 0 Å². The molecule has 3 rings (SSSR count). The van der Waals surface area contributed by atoms with Crippen molar-refractivity contribution >= 4 is 17.0 Å². The standard InChI is InChI=1S/C17H21N3O/c1-3-4-11-20-16-8-6-5-7-15(16)19-17(20)18-12-14-10-9-13(2)21-14/h5-10H,3-4,11-12H2,1-2H3,(H,18,19). The van der Waals surface area contributed by atoms with Crippen LogP contribution in [0.3, 0.4) is 0 Å². The van der Waals surface area contributed by atoms with Crippen molar-refractivity contribution < 1.29 is 4.42 Å². The van der Waals surface area contributed by atoms with Crippen LogP contribution in [0.15, 0.2) is 40.8 Å². The van der Waals surface area contributed by atoms with E-state index in [9.17, 15) is 0 Å². The third-order valence-electron chi connectivity index (χ3n) is 3.61. The smallest absolute Gasteiger partial charge is 0.204 e. The SMILES string of the molecule is CCCCn1c(NCc2ccc(C)o2)nc2ccccc21. The largest absolute Gasteiger partial charge is 0.465 e. The van der Waals surface area contributed by atoms with Gasteiger partial charge in [-0.3, -0.25) is 0 Å². The van der Waals surface area contributed by atoms with Crippen LogP contribution < -0.4 is 5.32 Å². The Labute approximate surface area is 124 Å². The monoisotopic (exact) mass is 283 g/mol. The van der Waals surface area contributed by atoms with E-state index in [1.165, 1.54) is 11.9 Å². The molecule has 0 aliphatic heterocycles. The highest BCUT2D eigenvalue weighted by Gasteiger charge is 2.10. The molecule has 2 heterocycles. The van der Waals surface area contributed by atoms with Crippen LogP contribution in [0.2, 0.25) is 0 Å². The zero-order valence-electron chi connectivity index (χ0n) is 12.6. The molecule has 0 atom stereocenters. The molecular formula is C17H21N3O. The second-order valence-electron chi connectivity index (χ2n) is 5.30. The Bertz CT molecular complexity index is 727. The Balaban J connectivity index is 1.85. The summed E-state index contributed by atoms with van der Waals surface area (Å²) in [6, 6.07) is 12.3. The van der Waals surface area contributed by atoms with Gasteiger partial charge >= 0.3 is 0 Å². The number of nitrogens with zero attached hydrogens (tertiary/aromatic N) is 2. The fourth-order valence-electron chi connectivity index (χ4n) is 2.50. The van der Waals surface area contributed by atoms with E-state index in [2.05, 4.69) is 35.0 Å². The number of fused-ring (bicyclic) bond motifs is 1. The molecule has 0 aliphatic carbocycles. The lowest BCUT2D eigenvalue weighted by molar-refractivity contribution is 0.489. The third kappa shape index (κ3) is 2.94. The number of unbranched alkanes of at least 4 members (excludes halogenated alkanes) is 1. The summed E-state index contributed by atoms with van der Waals surface area (Å²) < 4.78 is 7.86. The lowest BCUT2D eigenvalue weighted by atomic mass is 10.3. The summed E-state index contributed by atoms with van der Waals surface area (Å²) in [4.78, 5) is 4.70. The van der Waals surface area contributed by atoms with E-state index in [1.807, 2.05) is 25.1 Å². The highest BCUT2D eigenvalue weighted by atomic mass is 16.3. The van der Waals surface area contributed by atoms with Crippen molar-refractivity contribution in [2.75, 3.05) is 5.32 Å². The summed E-state index contributed by atoms with van der Waals surface area (Å²) in [6.45, 7) is 5.80. The van der Waals surface area contributed by atoms with Crippen molar-refractivity contribution in [3.05, 3.63) is 47.9 Å². The Kier molecular flexibility index (Phi) is 3.95. The van der Waals surface area contributed by atoms with Crippen LogP contribution in [0.1, 0.15) is 31.3 Å². The summed E-state index contributed by atoms with van der Waals surface area (Å²) in [5.74, 6) is 2.78. The average Bonchev–Trinajstić information content (AvgIpc) is 3.06. The average molecular weight is 283 g/mol. The van der Waals surface area contributed by atoms with Gasteiger partial charge in [-0.15, -0.1) is 0 Å². The number of hydrogen-bond acceptors (Lipinski definition) is 3. The predicted molar refractivity (Wildman–Crippen MR) is 85.4 cm³/mol. The van der Waals surface area contributed by atoms with Crippen LogP contribution >= 0.6 is 0 Å². The van der Waals surface area contributed by atoms with E-state index in [4.69, 9.17) is 9.40 Å². The first-order chi connectivity index (χ1) is 10.3. The molecule has 0 unspecified atom stereocenters. The Hall–Kier alpha value is -2.23. The van der Waals surface area contributed by atoms with Crippen molar-refractivity contribution in [2.24, 2.45) is 0 Å². The molecule has 0 saturated carbocycles. The molecule has 0 saturated heterocycles. The predicted octanol–water partition coefficient (Wildman–Crippen LogP) is 4.35. The summed E-state index contributed by atoms with van der Waals surface area (Å²) >= 11 is 0. The minimum atomic E-state index is 0.656. The van der Waals surface area contributed by atoms with Crippen molar-refractivity contribution in [3.8, 4) is 0 Å². The van der Waals surface area contributed by atoms with Crippen molar-refractivity contribution in [1.82, 2.24) is 9.55 Å². The van der Waals surface area contributed by atoms with Crippen LogP contribution in [0, 0.1) is 6.92 Å². The number of hydrogen-bond donors (Lipinski definition) is 1. The van der Waals surface area contributed by atoms with Gasteiger partial charge in [0, 0.05) is 6.54 Å². The van der Waals surface area contributed by atoms with Crippen LogP contribution in [0.25, 0.3) is 11.0 Å². The van der Waals surface area contributed by atoms with Crippen molar-refractivity contribution in [3.63, 3.8) is 0 Å². The zero-order valence-corrected chi connectivity index (χ0v) is 12.6. The Morgan fingerprint density at radius 2 is 2.05 bits per heavy atom. The molecule has 0 fully saturated rings. The number of aromatic nitrogens is 2. The van der Waals surface area contributed by atoms with Crippen molar-refractivity contribution in [1.29, 1.82) is 0 Å². The minimum Gasteiger partial charge on any atom is -0.465 e. The molecule has 0 radical (unpaired) electrons. The van der Waals surface area contributed by atoms with Gasteiger partial charge in [0.2, 0.25) is 5.95 Å². The highest BCUT2D eigenvalue weighted by Crippen LogP contribution is 2.21. The molecule has 1 aromatic carbocycles. The van der Waals surface area contributed by atoms with Gasteiger partial charge in [0.1, 0.15) is 11.5 Å². The summed E-state index contributed by atoms with van der Waals surface area (Å²) in [6.07, 6.45) is 2.32. The first-order valence-electron chi connectivity index (χ1n) is 7.52. The number of furan rings is 1. The maximum atomic E-state index is 5.60. The lowest BCUT2D eigenvalue weighted by Gasteiger charge is -2.09. The second-order valence-corrected chi connectivity index (χ2v) is 5.30. The number of imidazole rings is 1. The molecule has 0 spiro atoms. The van der Waals surface area contributed by atoms with Crippen LogP contribution in [0.4, 0.5) is 5.95 Å². The first kappa shape index (κ1) is 13.7. The summed E-state index contributed by atoms with van der Waals surface area (Å²) in [5.41, 5.74) is 2.22. The van der Waals surface area contributed by atoms with E-state index in [0.717, 1.165) is 36.0 Å². The number of rotatable bonds is 6. The molecule has 0 amide bonds. The lowest BCUT2D eigenvalue weighted by Crippen LogP contribution is -2.07. The maximum absolute atomic E-state index is 5.60. The Morgan fingerprint density at radius 3 is 2.81 bits per heavy atom. The minimum absolute atomic E-state index is 0.656. The summed E-state index contributed by atoms with van der Waals surface area (Å²) in [7, 11) is 0. The molecule has 2 aromatic heterocycles. The molecule has 3 aromatic rings. The number of benzene rings is 1. The van der Waals surface area contributed by atoms with Gasteiger partial charge in [0.25, 0.3) is 0 Å². The van der Waals surface area contributed by atoms with Gasteiger partial charge < -0.3 is 14.3 Å². The van der Waals surface area contributed by atoms with Gasteiger partial charge in [0.15, 0.2) is 0 Å². The molecule has 110 valence electrons. The molecule has 21 heavy (non-hydrogen) atoms. The van der Waals surface area contributed by atoms with E-state index in [0.29, 0.717) is 6.54 Å². The number of aryl methyl sites for hydroxylation is 2. The second kappa shape index (κ2) is 6.04. The quantitative estimate of drug-likeness (QED) is 0.731. The normalized spacial score (nSPS) is 11.1. The fourth-order valence-corrected chi connectivity index (χ4v) is 2.50. The summed E-state index contributed by atoms with van der Waals surface area (Å²) in [5, 5.41) is 3.40. The topological polar surface area (TPSA) is 43.0 Å². The first-order valence-corrected chi connectivity index (χ1v) is 7.52. The van der Waals surface area contributed by atoms with Gasteiger partial charge in [-0.25, -0.2) is 4.98 Å². The maximum Gasteiger partial charge on any atom is 0.204 e. The molecule has 0 aliphatic rings. The Morgan fingerprint density at radius 1 is 1.19 bits per heavy atom. The molecule has 1 N–H and O–H groups in total. The van der Waals surface area contributed by atoms with Crippen LogP contribution in [-0.2, 0) is 13.1 Å². The van der Waals surface area contributed by atoms with E-state index < -0.39 is 0 Å². The van der Waals surface area contributed by atoms with Crippen LogP contribution in [-0.4, -0.2) is 9.55 Å². The molecule has 4 nitrogen and oxygen atoms in total. The van der Waals surface area contributed by atoms with Gasteiger partial charge in [0.05, 0.1) is 17.6 Å². The molecule has 4 heteroatoms. The molecular weight excluding hydrogens is 262 g/mol. The van der Waals surface area contributed by atoms with Gasteiger partial charge in [-0.05, 0) is 37.6 Å². The number of para-hydroxylation sites is 2. The van der Waals surface area contributed by atoms with E-state index in [1.54, 1.807) is 0 Å². The van der Waals surface area contributed by atoms with Crippen LogP contribution in [0.5, 0.6) is 0 Å². The van der Waals surface area contributed by atoms with E-state index >= 15 is 0 Å². The van der Waals surface area contributed by atoms with Crippen molar-refractivity contribution in [2.45, 2.75) is 39.8 Å².